The predicted octanol–water partition coefficient (Wildman–Crippen LogP) is 2.34. The Morgan fingerprint density at radius 3 is 2.89 bits per heavy atom. The molecule has 2 rings (SSSR count). The maximum atomic E-state index is 12.3. The Morgan fingerprint density at radius 2 is 2.17 bits per heavy atom. The van der Waals surface area contributed by atoms with Gasteiger partial charge in [-0.2, -0.15) is 0 Å². The molecular weight excluding hydrogens is 224 g/mol. The highest BCUT2D eigenvalue weighted by Gasteiger charge is 2.25. The van der Waals surface area contributed by atoms with Gasteiger partial charge in [0.05, 0.1) is 0 Å². The minimum atomic E-state index is 0.0582. The van der Waals surface area contributed by atoms with E-state index < -0.39 is 0 Å². The Morgan fingerprint density at radius 1 is 1.44 bits per heavy atom. The van der Waals surface area contributed by atoms with Crippen molar-refractivity contribution in [2.45, 2.75) is 39.2 Å². The molecule has 0 aromatic heterocycles. The molecule has 0 radical (unpaired) electrons. The fourth-order valence-electron chi connectivity index (χ4n) is 2.41. The van der Waals surface area contributed by atoms with Gasteiger partial charge in [-0.15, -0.1) is 0 Å². The van der Waals surface area contributed by atoms with Gasteiger partial charge in [0.1, 0.15) is 0 Å². The first-order valence-corrected chi connectivity index (χ1v) is 6.71. The molecule has 1 aromatic rings. The zero-order valence-electron chi connectivity index (χ0n) is 11.2. The fourth-order valence-corrected chi connectivity index (χ4v) is 2.41. The van der Waals surface area contributed by atoms with E-state index in [0.717, 1.165) is 18.5 Å². The predicted molar refractivity (Wildman–Crippen MR) is 74.5 cm³/mol. The third kappa shape index (κ3) is 2.91. The van der Waals surface area contributed by atoms with E-state index in [1.165, 1.54) is 5.56 Å². The van der Waals surface area contributed by atoms with Crippen LogP contribution in [-0.4, -0.2) is 18.5 Å². The number of rotatable bonds is 3. The monoisotopic (exact) mass is 246 g/mol. The lowest BCUT2D eigenvalue weighted by Gasteiger charge is -2.33. The Labute approximate surface area is 109 Å². The van der Waals surface area contributed by atoms with Gasteiger partial charge in [-0.1, -0.05) is 32.0 Å². The van der Waals surface area contributed by atoms with Crippen LogP contribution in [0, 0.1) is 5.92 Å². The van der Waals surface area contributed by atoms with Crippen LogP contribution in [0.5, 0.6) is 0 Å². The van der Waals surface area contributed by atoms with E-state index in [9.17, 15) is 4.79 Å². The maximum Gasteiger partial charge on any atom is 0.227 e. The molecule has 1 unspecified atom stereocenters. The van der Waals surface area contributed by atoms with Gasteiger partial charge in [-0.3, -0.25) is 4.79 Å². The molecule has 0 saturated heterocycles. The SMILES string of the molecule is CC(C)CCC(=O)N1CC(N)Cc2ccccc21. The molecule has 1 heterocycles. The van der Waals surface area contributed by atoms with E-state index in [2.05, 4.69) is 19.9 Å². The van der Waals surface area contributed by atoms with Crippen molar-refractivity contribution in [2.75, 3.05) is 11.4 Å². The molecule has 0 bridgehead atoms. The lowest BCUT2D eigenvalue weighted by atomic mass is 9.97. The third-order valence-electron chi connectivity index (χ3n) is 3.42. The first-order valence-electron chi connectivity index (χ1n) is 6.71. The molecule has 0 aliphatic carbocycles. The lowest BCUT2D eigenvalue weighted by Crippen LogP contribution is -2.46. The summed E-state index contributed by atoms with van der Waals surface area (Å²) in [6.07, 6.45) is 2.41. The summed E-state index contributed by atoms with van der Waals surface area (Å²) in [4.78, 5) is 14.1. The van der Waals surface area contributed by atoms with Crippen LogP contribution in [0.2, 0.25) is 0 Å². The maximum absolute atomic E-state index is 12.3. The lowest BCUT2D eigenvalue weighted by molar-refractivity contribution is -0.119. The summed E-state index contributed by atoms with van der Waals surface area (Å²) >= 11 is 0. The van der Waals surface area contributed by atoms with Crippen LogP contribution in [0.25, 0.3) is 0 Å². The van der Waals surface area contributed by atoms with Gasteiger partial charge in [0.15, 0.2) is 0 Å². The molecule has 1 amide bonds. The van der Waals surface area contributed by atoms with Crippen molar-refractivity contribution in [3.63, 3.8) is 0 Å². The Bertz CT molecular complexity index is 428. The van der Waals surface area contributed by atoms with E-state index in [4.69, 9.17) is 5.73 Å². The highest BCUT2D eigenvalue weighted by Crippen LogP contribution is 2.27. The second kappa shape index (κ2) is 5.53. The minimum absolute atomic E-state index is 0.0582. The number of fused-ring (bicyclic) bond motifs is 1. The van der Waals surface area contributed by atoms with Gasteiger partial charge >= 0.3 is 0 Å². The first-order chi connectivity index (χ1) is 8.58. The van der Waals surface area contributed by atoms with Crippen molar-refractivity contribution in [1.29, 1.82) is 0 Å². The van der Waals surface area contributed by atoms with Crippen molar-refractivity contribution < 1.29 is 4.79 Å². The molecule has 3 heteroatoms. The molecule has 98 valence electrons. The molecule has 0 spiro atoms. The average molecular weight is 246 g/mol. The molecule has 0 fully saturated rings. The zero-order valence-corrected chi connectivity index (χ0v) is 11.2. The Balaban J connectivity index is 2.15. The summed E-state index contributed by atoms with van der Waals surface area (Å²) in [5.74, 6) is 0.758. The van der Waals surface area contributed by atoms with E-state index >= 15 is 0 Å². The summed E-state index contributed by atoms with van der Waals surface area (Å²) in [5.41, 5.74) is 8.28. The molecule has 1 aliphatic rings. The summed E-state index contributed by atoms with van der Waals surface area (Å²) in [6.45, 7) is 4.93. The van der Waals surface area contributed by atoms with Crippen molar-refractivity contribution >= 4 is 11.6 Å². The highest BCUT2D eigenvalue weighted by atomic mass is 16.2. The number of para-hydroxylation sites is 1. The number of benzene rings is 1. The summed E-state index contributed by atoms with van der Waals surface area (Å²) in [7, 11) is 0. The largest absolute Gasteiger partial charge is 0.326 e. The molecule has 0 saturated carbocycles. The number of anilines is 1. The van der Waals surface area contributed by atoms with E-state index in [1.54, 1.807) is 0 Å². The standard InChI is InChI=1S/C15H22N2O/c1-11(2)7-8-15(18)17-10-13(16)9-12-5-3-4-6-14(12)17/h3-6,11,13H,7-10,16H2,1-2H3. The van der Waals surface area contributed by atoms with Crippen LogP contribution < -0.4 is 10.6 Å². The fraction of sp³-hybridized carbons (Fsp3) is 0.533. The summed E-state index contributed by atoms with van der Waals surface area (Å²) in [5, 5.41) is 0. The van der Waals surface area contributed by atoms with Gasteiger partial charge in [0.25, 0.3) is 0 Å². The van der Waals surface area contributed by atoms with Crippen LogP contribution in [0.4, 0.5) is 5.69 Å². The van der Waals surface area contributed by atoms with Crippen LogP contribution in [0.1, 0.15) is 32.3 Å². The Hall–Kier alpha value is -1.35. The second-order valence-electron chi connectivity index (χ2n) is 5.53. The highest BCUT2D eigenvalue weighted by molar-refractivity contribution is 5.94. The van der Waals surface area contributed by atoms with Crippen molar-refractivity contribution in [2.24, 2.45) is 11.7 Å². The van der Waals surface area contributed by atoms with E-state index in [-0.39, 0.29) is 11.9 Å². The van der Waals surface area contributed by atoms with Crippen LogP contribution in [0.15, 0.2) is 24.3 Å². The summed E-state index contributed by atoms with van der Waals surface area (Å²) in [6, 6.07) is 8.14. The number of carbonyl (C=O) groups is 1. The number of hydrogen-bond donors (Lipinski definition) is 1. The van der Waals surface area contributed by atoms with Crippen molar-refractivity contribution in [1.82, 2.24) is 0 Å². The molecular formula is C15H22N2O. The normalized spacial score (nSPS) is 18.9. The van der Waals surface area contributed by atoms with Gasteiger partial charge in [0.2, 0.25) is 5.91 Å². The molecule has 1 atom stereocenters. The van der Waals surface area contributed by atoms with Crippen molar-refractivity contribution in [3.8, 4) is 0 Å². The zero-order chi connectivity index (χ0) is 13.1. The Kier molecular flexibility index (Phi) is 4.02. The molecule has 3 nitrogen and oxygen atoms in total. The number of carbonyl (C=O) groups excluding carboxylic acids is 1. The minimum Gasteiger partial charge on any atom is -0.326 e. The second-order valence-corrected chi connectivity index (χ2v) is 5.53. The average Bonchev–Trinajstić information content (AvgIpc) is 2.34. The topological polar surface area (TPSA) is 46.3 Å². The third-order valence-corrected chi connectivity index (χ3v) is 3.42. The van der Waals surface area contributed by atoms with Gasteiger partial charge in [-0.05, 0) is 30.4 Å². The quantitative estimate of drug-likeness (QED) is 0.889. The first kappa shape index (κ1) is 13.1. The van der Waals surface area contributed by atoms with Gasteiger partial charge in [0, 0.05) is 24.7 Å². The van der Waals surface area contributed by atoms with E-state index in [0.29, 0.717) is 18.9 Å². The number of nitrogens with zero attached hydrogens (tertiary/aromatic N) is 1. The molecule has 18 heavy (non-hydrogen) atoms. The smallest absolute Gasteiger partial charge is 0.227 e. The van der Waals surface area contributed by atoms with E-state index in [1.807, 2.05) is 23.1 Å². The number of amides is 1. The van der Waals surface area contributed by atoms with Crippen LogP contribution in [0.3, 0.4) is 0 Å². The number of nitrogens with two attached hydrogens (primary N) is 1. The van der Waals surface area contributed by atoms with Gasteiger partial charge in [-0.25, -0.2) is 0 Å². The van der Waals surface area contributed by atoms with Gasteiger partial charge < -0.3 is 10.6 Å². The molecule has 2 N–H and O–H groups in total. The van der Waals surface area contributed by atoms with Crippen molar-refractivity contribution in [3.05, 3.63) is 29.8 Å². The number of hydrogen-bond acceptors (Lipinski definition) is 2. The van der Waals surface area contributed by atoms with Crippen LogP contribution >= 0.6 is 0 Å². The summed E-state index contributed by atoms with van der Waals surface area (Å²) < 4.78 is 0. The molecule has 1 aliphatic heterocycles. The van der Waals surface area contributed by atoms with Crippen LogP contribution in [-0.2, 0) is 11.2 Å². The molecule has 1 aromatic carbocycles.